The van der Waals surface area contributed by atoms with Crippen LogP contribution >= 0.6 is 0 Å². The van der Waals surface area contributed by atoms with Crippen LogP contribution < -0.4 is 5.56 Å². The molecule has 0 unspecified atom stereocenters. The Kier molecular flexibility index (Phi) is 2.44. The second kappa shape index (κ2) is 4.31. The number of hydrogen-bond acceptors (Lipinski definition) is 3. The molecule has 2 aliphatic rings. The summed E-state index contributed by atoms with van der Waals surface area (Å²) in [5.41, 5.74) is 2.76. The molecule has 0 aromatic heterocycles. The van der Waals surface area contributed by atoms with Gasteiger partial charge in [0.05, 0.1) is 5.69 Å². The van der Waals surface area contributed by atoms with Gasteiger partial charge in [0.2, 0.25) is 0 Å². The molecule has 21 heavy (non-hydrogen) atoms. The van der Waals surface area contributed by atoms with E-state index in [0.717, 1.165) is 22.2 Å². The molecule has 0 fully saturated rings. The van der Waals surface area contributed by atoms with Crippen LogP contribution in [0.3, 0.4) is 0 Å². The summed E-state index contributed by atoms with van der Waals surface area (Å²) in [5.74, 6) is 0.375. The summed E-state index contributed by atoms with van der Waals surface area (Å²) in [6.45, 7) is 1.93. The van der Waals surface area contributed by atoms with Crippen molar-refractivity contribution in [1.29, 1.82) is 0 Å². The van der Waals surface area contributed by atoms with E-state index in [1.165, 1.54) is 4.68 Å². The molecule has 0 N–H and O–H groups in total. The van der Waals surface area contributed by atoms with Gasteiger partial charge in [-0.2, -0.15) is 4.68 Å². The second-order valence-electron chi connectivity index (χ2n) is 4.96. The molecule has 2 aromatic rings. The molecule has 102 valence electrons. The van der Waals surface area contributed by atoms with Gasteiger partial charge in [0.1, 0.15) is 11.1 Å². The van der Waals surface area contributed by atoms with E-state index in [-0.39, 0.29) is 5.56 Å². The summed E-state index contributed by atoms with van der Waals surface area (Å²) in [6.07, 6.45) is 0. The number of nitrogens with zero attached hydrogens (tertiary/aromatic N) is 2. The molecule has 0 amide bonds. The van der Waals surface area contributed by atoms with Gasteiger partial charge in [0, 0.05) is 5.39 Å². The minimum Gasteiger partial charge on any atom is -0.436 e. The van der Waals surface area contributed by atoms with Crippen LogP contribution in [0.15, 0.2) is 63.8 Å². The van der Waals surface area contributed by atoms with E-state index in [1.54, 1.807) is 0 Å². The third-order valence-corrected chi connectivity index (χ3v) is 3.68. The van der Waals surface area contributed by atoms with Crippen LogP contribution in [0.5, 0.6) is 0 Å². The number of aryl methyl sites for hydroxylation is 1. The molecule has 0 saturated heterocycles. The number of benzene rings is 2. The van der Waals surface area contributed by atoms with Crippen molar-refractivity contribution in [3.63, 3.8) is 0 Å². The smallest absolute Gasteiger partial charge is 0.284 e. The van der Waals surface area contributed by atoms with Gasteiger partial charge in [-0.15, -0.1) is 5.10 Å². The number of para-hydroxylation sites is 2. The fraction of sp³-hybridized carbons (Fsp3) is 0.0588. The summed E-state index contributed by atoms with van der Waals surface area (Å²) >= 11 is 0. The Morgan fingerprint density at radius 3 is 2.52 bits per heavy atom. The third kappa shape index (κ3) is 1.69. The Labute approximate surface area is 120 Å². The first-order valence-corrected chi connectivity index (χ1v) is 6.72. The maximum absolute atomic E-state index is 12.6. The van der Waals surface area contributed by atoms with Gasteiger partial charge in [-0.3, -0.25) is 4.79 Å². The van der Waals surface area contributed by atoms with Gasteiger partial charge < -0.3 is 4.42 Å². The van der Waals surface area contributed by atoms with E-state index in [4.69, 9.17) is 4.42 Å². The number of aromatic nitrogens is 2. The van der Waals surface area contributed by atoms with Gasteiger partial charge in [-0.05, 0) is 30.7 Å². The molecule has 0 bridgehead atoms. The van der Waals surface area contributed by atoms with Crippen LogP contribution in [0.4, 0.5) is 0 Å². The molecule has 0 aliphatic carbocycles. The van der Waals surface area contributed by atoms with Gasteiger partial charge >= 0.3 is 0 Å². The summed E-state index contributed by atoms with van der Waals surface area (Å²) < 4.78 is 7.17. The lowest BCUT2D eigenvalue weighted by Crippen LogP contribution is -2.14. The Bertz CT molecular complexity index is 967. The van der Waals surface area contributed by atoms with Crippen LogP contribution in [0.2, 0.25) is 0 Å². The largest absolute Gasteiger partial charge is 0.436 e. The zero-order valence-electron chi connectivity index (χ0n) is 11.4. The van der Waals surface area contributed by atoms with E-state index < -0.39 is 0 Å². The van der Waals surface area contributed by atoms with Gasteiger partial charge in [-0.1, -0.05) is 36.4 Å². The molecular weight excluding hydrogens is 264 g/mol. The summed E-state index contributed by atoms with van der Waals surface area (Å²) in [4.78, 5) is 12.6. The minimum absolute atomic E-state index is 0.150. The molecule has 4 rings (SSSR count). The number of hydrogen-bond donors (Lipinski definition) is 0. The molecule has 2 aliphatic heterocycles. The lowest BCUT2D eigenvalue weighted by atomic mass is 10.1. The third-order valence-electron chi connectivity index (χ3n) is 3.68. The van der Waals surface area contributed by atoms with E-state index in [0.29, 0.717) is 11.5 Å². The van der Waals surface area contributed by atoms with Crippen LogP contribution in [-0.2, 0) is 0 Å². The van der Waals surface area contributed by atoms with Crippen molar-refractivity contribution in [2.45, 2.75) is 6.92 Å². The van der Waals surface area contributed by atoms with E-state index >= 15 is 0 Å². The zero-order chi connectivity index (χ0) is 14.4. The van der Waals surface area contributed by atoms with Crippen LogP contribution in [0.25, 0.3) is 28.1 Å². The predicted octanol–water partition coefficient (Wildman–Crippen LogP) is 3.39. The van der Waals surface area contributed by atoms with E-state index in [9.17, 15) is 4.79 Å². The standard InChI is InChI=1S/C17H12N2O2/c1-11-13-9-5-6-10-14(13)21-16-15(11)17(20)19(18-16)12-7-3-2-4-8-12/h2-10H,1H3. The quantitative estimate of drug-likeness (QED) is 0.535. The molecular formula is C17H12N2O2. The highest BCUT2D eigenvalue weighted by Gasteiger charge is 2.22. The van der Waals surface area contributed by atoms with Crippen LogP contribution in [0.1, 0.15) is 5.56 Å². The molecule has 2 heterocycles. The van der Waals surface area contributed by atoms with Gasteiger partial charge in [-0.25, -0.2) is 0 Å². The Morgan fingerprint density at radius 2 is 1.71 bits per heavy atom. The molecule has 4 nitrogen and oxygen atoms in total. The lowest BCUT2D eigenvalue weighted by Gasteiger charge is -2.04. The Morgan fingerprint density at radius 1 is 1.00 bits per heavy atom. The van der Waals surface area contributed by atoms with Crippen molar-refractivity contribution in [2.24, 2.45) is 0 Å². The van der Waals surface area contributed by atoms with Crippen molar-refractivity contribution in [2.75, 3.05) is 0 Å². The van der Waals surface area contributed by atoms with Crippen molar-refractivity contribution in [1.82, 2.24) is 9.78 Å². The minimum atomic E-state index is -0.150. The monoisotopic (exact) mass is 276 g/mol. The Hall–Kier alpha value is -2.88. The lowest BCUT2D eigenvalue weighted by molar-refractivity contribution is 0.590. The molecule has 0 saturated carbocycles. The summed E-state index contributed by atoms with van der Waals surface area (Å²) in [7, 11) is 0. The molecule has 4 heteroatoms. The van der Waals surface area contributed by atoms with Crippen molar-refractivity contribution in [3.05, 3.63) is 70.5 Å². The van der Waals surface area contributed by atoms with Crippen LogP contribution in [0, 0.1) is 6.92 Å². The average Bonchev–Trinajstić information content (AvgIpc) is 2.85. The van der Waals surface area contributed by atoms with E-state index in [1.807, 2.05) is 61.5 Å². The highest BCUT2D eigenvalue weighted by atomic mass is 16.3. The average molecular weight is 276 g/mol. The van der Waals surface area contributed by atoms with Crippen LogP contribution in [-0.4, -0.2) is 9.78 Å². The highest BCUT2D eigenvalue weighted by Crippen LogP contribution is 2.29. The maximum atomic E-state index is 12.6. The topological polar surface area (TPSA) is 48.0 Å². The molecule has 0 atom stereocenters. The normalized spacial score (nSPS) is 11.3. The molecule has 0 radical (unpaired) electrons. The SMILES string of the molecule is Cc1c2c(=O)n(-c3ccccc3)nc-2oc2ccccc12. The number of rotatable bonds is 1. The second-order valence-corrected chi connectivity index (χ2v) is 4.96. The fourth-order valence-corrected chi connectivity index (χ4v) is 2.62. The van der Waals surface area contributed by atoms with Gasteiger partial charge in [0.15, 0.2) is 0 Å². The van der Waals surface area contributed by atoms with Gasteiger partial charge in [0.25, 0.3) is 11.4 Å². The van der Waals surface area contributed by atoms with Crippen molar-refractivity contribution >= 4 is 11.0 Å². The van der Waals surface area contributed by atoms with Crippen molar-refractivity contribution in [3.8, 4) is 17.1 Å². The summed E-state index contributed by atoms with van der Waals surface area (Å²) in [6, 6.07) is 17.0. The van der Waals surface area contributed by atoms with E-state index in [2.05, 4.69) is 5.10 Å². The Balaban J connectivity index is 2.12. The maximum Gasteiger partial charge on any atom is 0.284 e. The zero-order valence-corrected chi connectivity index (χ0v) is 11.4. The first kappa shape index (κ1) is 11.9. The summed E-state index contributed by atoms with van der Waals surface area (Å²) in [5, 5.41) is 5.27. The first-order chi connectivity index (χ1) is 10.3. The highest BCUT2D eigenvalue weighted by molar-refractivity contribution is 5.86. The molecule has 0 spiro atoms. The predicted molar refractivity (Wildman–Crippen MR) is 81.0 cm³/mol. The fourth-order valence-electron chi connectivity index (χ4n) is 2.62. The number of fused-ring (bicyclic) bond motifs is 2. The van der Waals surface area contributed by atoms with Crippen molar-refractivity contribution < 1.29 is 4.42 Å². The first-order valence-electron chi connectivity index (χ1n) is 6.72. The molecule has 2 aromatic carbocycles.